The Labute approximate surface area is 142 Å². The second-order valence-corrected chi connectivity index (χ2v) is 6.14. The molecule has 0 atom stereocenters. The van der Waals surface area contributed by atoms with E-state index < -0.39 is 0 Å². The summed E-state index contributed by atoms with van der Waals surface area (Å²) in [6.07, 6.45) is 0. The number of nitriles is 1. The van der Waals surface area contributed by atoms with Gasteiger partial charge in [-0.15, -0.1) is 0 Å². The molecule has 0 spiro atoms. The summed E-state index contributed by atoms with van der Waals surface area (Å²) in [4.78, 5) is 4.46. The fourth-order valence-electron chi connectivity index (χ4n) is 2.66. The van der Waals surface area contributed by atoms with Crippen LogP contribution in [0.15, 0.2) is 40.9 Å². The van der Waals surface area contributed by atoms with Crippen LogP contribution < -0.4 is 10.5 Å². The number of pyridine rings is 1. The summed E-state index contributed by atoms with van der Waals surface area (Å²) in [5.74, 6) is 0.954. The van der Waals surface area contributed by atoms with Crippen LogP contribution >= 0.6 is 15.9 Å². The van der Waals surface area contributed by atoms with E-state index in [1.807, 2.05) is 43.3 Å². The standard InChI is InChI=1S/C18H14BrN3O/c1-10-3-6-15-13(7-10)14(9-20)17(18(21)22-15)12-5-4-11(19)8-16(12)23-2/h3-8H,1-2H3,(H2,21,22). The Kier molecular flexibility index (Phi) is 3.93. The first kappa shape index (κ1) is 15.3. The molecule has 0 aliphatic carbocycles. The zero-order valence-electron chi connectivity index (χ0n) is 12.7. The van der Waals surface area contributed by atoms with Crippen LogP contribution in [-0.4, -0.2) is 12.1 Å². The first-order chi connectivity index (χ1) is 11.0. The van der Waals surface area contributed by atoms with E-state index >= 15 is 0 Å². The number of nitrogens with two attached hydrogens (primary N) is 1. The maximum atomic E-state index is 9.73. The number of benzene rings is 2. The number of aryl methyl sites for hydroxylation is 1. The van der Waals surface area contributed by atoms with Gasteiger partial charge >= 0.3 is 0 Å². The molecule has 1 heterocycles. The quantitative estimate of drug-likeness (QED) is 0.726. The van der Waals surface area contributed by atoms with Gasteiger partial charge in [0.1, 0.15) is 17.6 Å². The minimum Gasteiger partial charge on any atom is -0.496 e. The molecule has 0 amide bonds. The lowest BCUT2D eigenvalue weighted by Gasteiger charge is -2.14. The molecule has 23 heavy (non-hydrogen) atoms. The summed E-state index contributed by atoms with van der Waals surface area (Å²) in [5.41, 5.74) is 9.81. The molecule has 0 saturated heterocycles. The first-order valence-corrected chi connectivity index (χ1v) is 7.78. The van der Waals surface area contributed by atoms with Gasteiger partial charge in [-0.1, -0.05) is 27.6 Å². The van der Waals surface area contributed by atoms with Crippen LogP contribution in [0.3, 0.4) is 0 Å². The van der Waals surface area contributed by atoms with Crippen molar-refractivity contribution in [3.05, 3.63) is 52.0 Å². The lowest BCUT2D eigenvalue weighted by molar-refractivity contribution is 0.416. The van der Waals surface area contributed by atoms with Crippen LogP contribution in [0.5, 0.6) is 5.75 Å². The minimum atomic E-state index is 0.318. The van der Waals surface area contributed by atoms with Crippen molar-refractivity contribution in [1.82, 2.24) is 4.98 Å². The lowest BCUT2D eigenvalue weighted by Crippen LogP contribution is -2.01. The summed E-state index contributed by atoms with van der Waals surface area (Å²) in [5, 5.41) is 10.5. The van der Waals surface area contributed by atoms with Gasteiger partial charge in [0.2, 0.25) is 0 Å². The molecule has 0 fully saturated rings. The second-order valence-electron chi connectivity index (χ2n) is 5.22. The van der Waals surface area contributed by atoms with Crippen LogP contribution in [0.1, 0.15) is 11.1 Å². The Hall–Kier alpha value is -2.58. The summed E-state index contributed by atoms with van der Waals surface area (Å²) >= 11 is 3.42. The zero-order chi connectivity index (χ0) is 16.6. The van der Waals surface area contributed by atoms with E-state index in [2.05, 4.69) is 27.0 Å². The van der Waals surface area contributed by atoms with Gasteiger partial charge in [-0.3, -0.25) is 0 Å². The van der Waals surface area contributed by atoms with Gasteiger partial charge in [-0.2, -0.15) is 5.26 Å². The van der Waals surface area contributed by atoms with Gasteiger partial charge in [-0.25, -0.2) is 4.98 Å². The van der Waals surface area contributed by atoms with Gasteiger partial charge in [0, 0.05) is 21.0 Å². The van der Waals surface area contributed by atoms with E-state index in [1.54, 1.807) is 7.11 Å². The number of methoxy groups -OCH3 is 1. The van der Waals surface area contributed by atoms with Crippen LogP contribution in [0.4, 0.5) is 5.82 Å². The van der Waals surface area contributed by atoms with E-state index in [1.165, 1.54) is 0 Å². The number of rotatable bonds is 2. The third-order valence-corrected chi connectivity index (χ3v) is 4.21. The van der Waals surface area contributed by atoms with E-state index in [0.717, 1.165) is 21.0 Å². The van der Waals surface area contributed by atoms with E-state index in [9.17, 15) is 5.26 Å². The van der Waals surface area contributed by atoms with E-state index in [-0.39, 0.29) is 0 Å². The number of fused-ring (bicyclic) bond motifs is 1. The Bertz CT molecular complexity index is 961. The number of nitrogen functional groups attached to an aromatic ring is 1. The molecule has 3 rings (SSSR count). The van der Waals surface area contributed by atoms with Crippen molar-refractivity contribution in [2.45, 2.75) is 6.92 Å². The zero-order valence-corrected chi connectivity index (χ0v) is 14.3. The number of aromatic nitrogens is 1. The Morgan fingerprint density at radius 1 is 1.22 bits per heavy atom. The highest BCUT2D eigenvalue weighted by Gasteiger charge is 2.18. The number of anilines is 1. The average molecular weight is 368 g/mol. The molecule has 0 aliphatic rings. The predicted octanol–water partition coefficient (Wildman–Crippen LogP) is 4.44. The molecule has 3 aromatic rings. The van der Waals surface area contributed by atoms with Crippen LogP contribution in [0, 0.1) is 18.3 Å². The summed E-state index contributed by atoms with van der Waals surface area (Å²) in [7, 11) is 1.59. The van der Waals surface area contributed by atoms with Gasteiger partial charge in [-0.05, 0) is 37.3 Å². The smallest absolute Gasteiger partial charge is 0.133 e. The third kappa shape index (κ3) is 2.62. The van der Waals surface area contributed by atoms with E-state index in [4.69, 9.17) is 10.5 Å². The molecule has 0 aliphatic heterocycles. The molecule has 0 unspecified atom stereocenters. The Morgan fingerprint density at radius 2 is 2.00 bits per heavy atom. The Balaban J connectivity index is 2.42. The first-order valence-electron chi connectivity index (χ1n) is 6.99. The highest BCUT2D eigenvalue weighted by molar-refractivity contribution is 9.10. The maximum Gasteiger partial charge on any atom is 0.133 e. The van der Waals surface area contributed by atoms with Crippen LogP contribution in [-0.2, 0) is 0 Å². The molecule has 4 nitrogen and oxygen atoms in total. The van der Waals surface area contributed by atoms with Gasteiger partial charge in [0.05, 0.1) is 18.2 Å². The normalized spacial score (nSPS) is 10.5. The number of ether oxygens (including phenoxy) is 1. The molecule has 0 saturated carbocycles. The average Bonchev–Trinajstić information content (AvgIpc) is 2.54. The van der Waals surface area contributed by atoms with Crippen molar-refractivity contribution in [1.29, 1.82) is 5.26 Å². The SMILES string of the molecule is COc1cc(Br)ccc1-c1c(N)nc2ccc(C)cc2c1C#N. The van der Waals surface area contributed by atoms with Gasteiger partial charge in [0.25, 0.3) is 0 Å². The summed E-state index contributed by atoms with van der Waals surface area (Å²) in [6.45, 7) is 1.98. The summed E-state index contributed by atoms with van der Waals surface area (Å²) < 4.78 is 6.34. The van der Waals surface area contributed by atoms with Crippen molar-refractivity contribution >= 4 is 32.7 Å². The fraction of sp³-hybridized carbons (Fsp3) is 0.111. The molecule has 0 bridgehead atoms. The van der Waals surface area contributed by atoms with Gasteiger partial charge in [0.15, 0.2) is 0 Å². The number of nitrogens with zero attached hydrogens (tertiary/aromatic N) is 2. The minimum absolute atomic E-state index is 0.318. The molecule has 5 heteroatoms. The molecular weight excluding hydrogens is 354 g/mol. The topological polar surface area (TPSA) is 71.9 Å². The number of hydrogen-bond acceptors (Lipinski definition) is 4. The monoisotopic (exact) mass is 367 g/mol. The van der Waals surface area contributed by atoms with Crippen molar-refractivity contribution in [2.24, 2.45) is 0 Å². The lowest BCUT2D eigenvalue weighted by atomic mass is 9.96. The van der Waals surface area contributed by atoms with Crippen molar-refractivity contribution in [3.8, 4) is 22.9 Å². The number of halogens is 1. The molecular formula is C18H14BrN3O. The highest BCUT2D eigenvalue weighted by Crippen LogP contribution is 2.39. The number of hydrogen-bond donors (Lipinski definition) is 1. The fourth-order valence-corrected chi connectivity index (χ4v) is 3.00. The second kappa shape index (κ2) is 5.90. The molecule has 1 aromatic heterocycles. The summed E-state index contributed by atoms with van der Waals surface area (Å²) in [6, 6.07) is 13.7. The molecule has 0 radical (unpaired) electrons. The largest absolute Gasteiger partial charge is 0.496 e. The van der Waals surface area contributed by atoms with Gasteiger partial charge < -0.3 is 10.5 Å². The molecule has 2 N–H and O–H groups in total. The predicted molar refractivity (Wildman–Crippen MR) is 95.3 cm³/mol. The Morgan fingerprint density at radius 3 is 2.70 bits per heavy atom. The maximum absolute atomic E-state index is 9.73. The van der Waals surface area contributed by atoms with Crippen molar-refractivity contribution in [2.75, 3.05) is 12.8 Å². The van der Waals surface area contributed by atoms with Crippen LogP contribution in [0.25, 0.3) is 22.0 Å². The van der Waals surface area contributed by atoms with Crippen molar-refractivity contribution < 1.29 is 4.74 Å². The van der Waals surface area contributed by atoms with E-state index in [0.29, 0.717) is 28.2 Å². The molecule has 2 aromatic carbocycles. The van der Waals surface area contributed by atoms with Crippen LogP contribution in [0.2, 0.25) is 0 Å². The van der Waals surface area contributed by atoms with Crippen molar-refractivity contribution in [3.63, 3.8) is 0 Å². The third-order valence-electron chi connectivity index (χ3n) is 3.71. The highest BCUT2D eigenvalue weighted by atomic mass is 79.9. The molecule has 114 valence electrons.